The third-order valence-corrected chi connectivity index (χ3v) is 2.69. The first-order chi connectivity index (χ1) is 9.51. The Kier molecular flexibility index (Phi) is 7.04. The highest BCUT2D eigenvalue weighted by Gasteiger charge is 2.07. The normalized spacial score (nSPS) is 12.0. The number of nitrogens with one attached hydrogen (secondary N) is 1. The van der Waals surface area contributed by atoms with E-state index in [1.54, 1.807) is 0 Å². The van der Waals surface area contributed by atoms with Crippen LogP contribution in [0.4, 0.5) is 0 Å². The van der Waals surface area contributed by atoms with E-state index in [1.165, 1.54) is 7.11 Å². The molecule has 0 radical (unpaired) electrons. The van der Waals surface area contributed by atoms with Gasteiger partial charge in [-0.05, 0) is 37.1 Å². The van der Waals surface area contributed by atoms with Gasteiger partial charge in [-0.1, -0.05) is 6.07 Å². The van der Waals surface area contributed by atoms with Crippen LogP contribution in [0.2, 0.25) is 0 Å². The Balaban J connectivity index is 2.24. The number of amides is 1. The number of ether oxygens (including phenoxy) is 2. The highest BCUT2D eigenvalue weighted by Crippen LogP contribution is 2.16. The molecular formula is C15H23NO4. The molecule has 5 heteroatoms. The van der Waals surface area contributed by atoms with Gasteiger partial charge in [-0.15, -0.1) is 0 Å². The minimum Gasteiger partial charge on any atom is -0.493 e. The van der Waals surface area contributed by atoms with Crippen LogP contribution in [0, 0.1) is 13.8 Å². The smallest absolute Gasteiger partial charge is 0.223 e. The Morgan fingerprint density at radius 2 is 1.95 bits per heavy atom. The molecule has 5 nitrogen and oxygen atoms in total. The van der Waals surface area contributed by atoms with E-state index >= 15 is 0 Å². The van der Waals surface area contributed by atoms with E-state index in [0.29, 0.717) is 6.61 Å². The maximum Gasteiger partial charge on any atom is 0.223 e. The van der Waals surface area contributed by atoms with E-state index in [-0.39, 0.29) is 25.5 Å². The van der Waals surface area contributed by atoms with Gasteiger partial charge in [-0.25, -0.2) is 0 Å². The lowest BCUT2D eigenvalue weighted by Gasteiger charge is -2.11. The van der Waals surface area contributed by atoms with E-state index in [0.717, 1.165) is 16.9 Å². The van der Waals surface area contributed by atoms with Gasteiger partial charge in [0.05, 0.1) is 25.7 Å². The molecule has 1 atom stereocenters. The van der Waals surface area contributed by atoms with Crippen molar-refractivity contribution in [1.29, 1.82) is 0 Å². The summed E-state index contributed by atoms with van der Waals surface area (Å²) in [5.41, 5.74) is 2.26. The average molecular weight is 281 g/mol. The molecule has 1 aromatic carbocycles. The molecule has 2 N–H and O–H groups in total. The quantitative estimate of drug-likeness (QED) is 0.751. The SMILES string of the molecule is COCC(O)CNC(=O)CCOc1cc(C)cc(C)c1. The standard InChI is InChI=1S/C15H23NO4/c1-11-6-12(2)8-14(7-11)20-5-4-15(18)16-9-13(17)10-19-3/h6-8,13,17H,4-5,9-10H2,1-3H3,(H,16,18). The van der Waals surface area contributed by atoms with Crippen molar-refractivity contribution in [2.75, 3.05) is 26.9 Å². The molecule has 0 spiro atoms. The molecule has 0 fully saturated rings. The molecule has 1 rings (SSSR count). The van der Waals surface area contributed by atoms with Crippen LogP contribution in [0.5, 0.6) is 5.75 Å². The Morgan fingerprint density at radius 3 is 2.55 bits per heavy atom. The van der Waals surface area contributed by atoms with Crippen LogP contribution < -0.4 is 10.1 Å². The lowest BCUT2D eigenvalue weighted by atomic mass is 10.1. The maximum atomic E-state index is 11.5. The summed E-state index contributed by atoms with van der Waals surface area (Å²) in [6.45, 7) is 4.72. The third kappa shape index (κ3) is 6.54. The molecule has 0 saturated heterocycles. The lowest BCUT2D eigenvalue weighted by molar-refractivity contribution is -0.122. The molecule has 0 aliphatic heterocycles. The van der Waals surface area contributed by atoms with E-state index in [9.17, 15) is 9.90 Å². The van der Waals surface area contributed by atoms with Crippen molar-refractivity contribution in [3.05, 3.63) is 29.3 Å². The number of benzene rings is 1. The van der Waals surface area contributed by atoms with E-state index in [4.69, 9.17) is 9.47 Å². The first-order valence-electron chi connectivity index (χ1n) is 6.66. The van der Waals surface area contributed by atoms with Crippen LogP contribution >= 0.6 is 0 Å². The Labute approximate surface area is 119 Å². The molecule has 1 unspecified atom stereocenters. The number of carbonyl (C=O) groups excluding carboxylic acids is 1. The number of methoxy groups -OCH3 is 1. The zero-order valence-corrected chi connectivity index (χ0v) is 12.3. The van der Waals surface area contributed by atoms with E-state index in [2.05, 4.69) is 11.4 Å². The highest BCUT2D eigenvalue weighted by atomic mass is 16.5. The second-order valence-corrected chi connectivity index (χ2v) is 4.84. The summed E-state index contributed by atoms with van der Waals surface area (Å²) < 4.78 is 10.3. The van der Waals surface area contributed by atoms with Crippen molar-refractivity contribution in [2.24, 2.45) is 0 Å². The zero-order valence-electron chi connectivity index (χ0n) is 12.3. The Morgan fingerprint density at radius 1 is 1.30 bits per heavy atom. The van der Waals surface area contributed by atoms with Gasteiger partial charge in [0, 0.05) is 13.7 Å². The van der Waals surface area contributed by atoms with Gasteiger partial charge in [0.25, 0.3) is 0 Å². The lowest BCUT2D eigenvalue weighted by Crippen LogP contribution is -2.34. The first kappa shape index (κ1) is 16.5. The van der Waals surface area contributed by atoms with Gasteiger partial charge in [-0.2, -0.15) is 0 Å². The molecule has 0 aliphatic carbocycles. The summed E-state index contributed by atoms with van der Waals surface area (Å²) in [6, 6.07) is 5.94. The summed E-state index contributed by atoms with van der Waals surface area (Å²) in [5, 5.41) is 12.0. The molecule has 0 aromatic heterocycles. The number of carbonyl (C=O) groups is 1. The molecule has 0 saturated carbocycles. The van der Waals surface area contributed by atoms with Crippen LogP contribution in [-0.2, 0) is 9.53 Å². The van der Waals surface area contributed by atoms with Gasteiger partial charge >= 0.3 is 0 Å². The minimum atomic E-state index is -0.677. The molecular weight excluding hydrogens is 258 g/mol. The van der Waals surface area contributed by atoms with Crippen LogP contribution in [0.3, 0.4) is 0 Å². The fraction of sp³-hybridized carbons (Fsp3) is 0.533. The van der Waals surface area contributed by atoms with Crippen molar-refractivity contribution in [2.45, 2.75) is 26.4 Å². The second-order valence-electron chi connectivity index (χ2n) is 4.84. The first-order valence-corrected chi connectivity index (χ1v) is 6.66. The molecule has 1 aromatic rings. The van der Waals surface area contributed by atoms with Gasteiger partial charge in [0.1, 0.15) is 5.75 Å². The van der Waals surface area contributed by atoms with Gasteiger partial charge < -0.3 is 19.9 Å². The van der Waals surface area contributed by atoms with Gasteiger partial charge in [0.2, 0.25) is 5.91 Å². The summed E-state index contributed by atoms with van der Waals surface area (Å²) >= 11 is 0. The van der Waals surface area contributed by atoms with Crippen molar-refractivity contribution in [3.63, 3.8) is 0 Å². The van der Waals surface area contributed by atoms with Crippen LogP contribution in [0.1, 0.15) is 17.5 Å². The van der Waals surface area contributed by atoms with Crippen molar-refractivity contribution in [3.8, 4) is 5.75 Å². The molecule has 1 amide bonds. The van der Waals surface area contributed by atoms with Gasteiger partial charge in [0.15, 0.2) is 0 Å². The number of aliphatic hydroxyl groups excluding tert-OH is 1. The maximum absolute atomic E-state index is 11.5. The Bertz CT molecular complexity index is 414. The number of hydrogen-bond acceptors (Lipinski definition) is 4. The van der Waals surface area contributed by atoms with Crippen molar-refractivity contribution >= 4 is 5.91 Å². The van der Waals surface area contributed by atoms with Crippen molar-refractivity contribution in [1.82, 2.24) is 5.32 Å². The number of rotatable bonds is 8. The summed E-state index contributed by atoms with van der Waals surface area (Å²) in [7, 11) is 1.50. The Hall–Kier alpha value is -1.59. The van der Waals surface area contributed by atoms with E-state index < -0.39 is 6.10 Å². The molecule has 112 valence electrons. The average Bonchev–Trinajstić information content (AvgIpc) is 2.35. The molecule has 0 heterocycles. The predicted molar refractivity (Wildman–Crippen MR) is 76.9 cm³/mol. The fourth-order valence-corrected chi connectivity index (χ4v) is 1.85. The second kappa shape index (κ2) is 8.55. The zero-order chi connectivity index (χ0) is 15.0. The van der Waals surface area contributed by atoms with Crippen molar-refractivity contribution < 1.29 is 19.4 Å². The summed E-state index contributed by atoms with van der Waals surface area (Å²) in [5.74, 6) is 0.624. The number of aryl methyl sites for hydroxylation is 2. The van der Waals surface area contributed by atoms with Gasteiger partial charge in [-0.3, -0.25) is 4.79 Å². The molecule has 0 bridgehead atoms. The number of aliphatic hydroxyl groups is 1. The summed E-state index contributed by atoms with van der Waals surface area (Å²) in [6.07, 6.45) is -0.420. The van der Waals surface area contributed by atoms with E-state index in [1.807, 2.05) is 26.0 Å². The minimum absolute atomic E-state index is 0.149. The van der Waals surface area contributed by atoms with Crippen LogP contribution in [0.25, 0.3) is 0 Å². The largest absolute Gasteiger partial charge is 0.493 e. The summed E-state index contributed by atoms with van der Waals surface area (Å²) in [4.78, 5) is 11.5. The third-order valence-electron chi connectivity index (χ3n) is 2.69. The topological polar surface area (TPSA) is 67.8 Å². The number of hydrogen-bond donors (Lipinski definition) is 2. The van der Waals surface area contributed by atoms with Crippen LogP contribution in [-0.4, -0.2) is 44.0 Å². The highest BCUT2D eigenvalue weighted by molar-refractivity contribution is 5.76. The van der Waals surface area contributed by atoms with Crippen LogP contribution in [0.15, 0.2) is 18.2 Å². The predicted octanol–water partition coefficient (Wildman–Crippen LogP) is 1.20. The molecule has 20 heavy (non-hydrogen) atoms. The molecule has 0 aliphatic rings. The monoisotopic (exact) mass is 281 g/mol. The fourth-order valence-electron chi connectivity index (χ4n) is 1.85.